The van der Waals surface area contributed by atoms with Crippen LogP contribution in [0.15, 0.2) is 0 Å². The second-order valence-corrected chi connectivity index (χ2v) is 4.90. The van der Waals surface area contributed by atoms with Crippen LogP contribution in [0.3, 0.4) is 0 Å². The fourth-order valence-electron chi connectivity index (χ4n) is 2.27. The number of carbonyl (C=O) groups is 1. The Morgan fingerprint density at radius 3 is 1.88 bits per heavy atom. The summed E-state index contributed by atoms with van der Waals surface area (Å²) in [7, 11) is 0. The van der Waals surface area contributed by atoms with E-state index in [1.165, 1.54) is 25.7 Å². The highest BCUT2D eigenvalue weighted by Crippen LogP contribution is 2.18. The molecule has 1 nitrogen and oxygen atoms in total. The molecule has 96 valence electrons. The zero-order valence-corrected chi connectivity index (χ0v) is 11.6. The average Bonchev–Trinajstić information content (AvgIpc) is 2.28. The maximum atomic E-state index is 12.0. The topological polar surface area (TPSA) is 17.1 Å². The summed E-state index contributed by atoms with van der Waals surface area (Å²) in [6.07, 6.45) is 11.6. The Morgan fingerprint density at radius 1 is 0.812 bits per heavy atom. The third-order valence-corrected chi connectivity index (χ3v) is 3.26. The molecule has 0 spiro atoms. The predicted octanol–water partition coefficient (Wildman–Crippen LogP) is 5.13. The highest BCUT2D eigenvalue weighted by molar-refractivity contribution is 5.80. The molecule has 0 aromatic carbocycles. The number of ketones is 1. The van der Waals surface area contributed by atoms with Crippen LogP contribution in [0.4, 0.5) is 0 Å². The van der Waals surface area contributed by atoms with Crippen molar-refractivity contribution in [1.82, 2.24) is 0 Å². The Balaban J connectivity index is 3.65. The van der Waals surface area contributed by atoms with E-state index in [4.69, 9.17) is 0 Å². The van der Waals surface area contributed by atoms with Crippen molar-refractivity contribution >= 4 is 5.78 Å². The molecule has 0 N–H and O–H groups in total. The van der Waals surface area contributed by atoms with Gasteiger partial charge in [0.1, 0.15) is 5.78 Å². The van der Waals surface area contributed by atoms with Crippen LogP contribution in [0.2, 0.25) is 0 Å². The molecule has 0 heterocycles. The molecule has 0 amide bonds. The molecule has 0 aliphatic rings. The van der Waals surface area contributed by atoms with Gasteiger partial charge in [0, 0.05) is 12.3 Å². The van der Waals surface area contributed by atoms with Crippen LogP contribution in [0.25, 0.3) is 0 Å². The molecule has 1 heteroatoms. The number of carbonyl (C=O) groups excluding carboxylic acids is 1. The van der Waals surface area contributed by atoms with Crippen LogP contribution < -0.4 is 0 Å². The number of unbranched alkanes of at least 4 members (excludes halogenated alkanes) is 4. The Morgan fingerprint density at radius 2 is 1.38 bits per heavy atom. The van der Waals surface area contributed by atoms with Gasteiger partial charge in [0.05, 0.1) is 0 Å². The lowest BCUT2D eigenvalue weighted by atomic mass is 9.91. The van der Waals surface area contributed by atoms with Crippen molar-refractivity contribution in [3.8, 4) is 0 Å². The van der Waals surface area contributed by atoms with E-state index in [2.05, 4.69) is 20.8 Å². The third-order valence-electron chi connectivity index (χ3n) is 3.26. The molecule has 0 fully saturated rings. The van der Waals surface area contributed by atoms with Gasteiger partial charge in [-0.25, -0.2) is 0 Å². The zero-order chi connectivity index (χ0) is 12.2. The van der Waals surface area contributed by atoms with Gasteiger partial charge in [-0.3, -0.25) is 4.79 Å². The number of rotatable bonds is 11. The molecule has 0 atom stereocenters. The highest BCUT2D eigenvalue weighted by Gasteiger charge is 2.15. The van der Waals surface area contributed by atoms with E-state index in [0.717, 1.165) is 38.5 Å². The molecular formula is C15H30O. The van der Waals surface area contributed by atoms with Crippen LogP contribution in [-0.2, 0) is 4.79 Å². The maximum Gasteiger partial charge on any atom is 0.135 e. The number of hydrogen-bond donors (Lipinski definition) is 0. The van der Waals surface area contributed by atoms with Gasteiger partial charge in [0.2, 0.25) is 0 Å². The Hall–Kier alpha value is -0.330. The van der Waals surface area contributed by atoms with E-state index in [1.54, 1.807) is 0 Å². The van der Waals surface area contributed by atoms with Gasteiger partial charge in [0.25, 0.3) is 0 Å². The van der Waals surface area contributed by atoms with Gasteiger partial charge in [-0.1, -0.05) is 59.3 Å². The Labute approximate surface area is 102 Å². The van der Waals surface area contributed by atoms with Gasteiger partial charge in [-0.05, 0) is 19.3 Å². The minimum Gasteiger partial charge on any atom is -0.299 e. The lowest BCUT2D eigenvalue weighted by Gasteiger charge is -2.13. The first kappa shape index (κ1) is 15.7. The van der Waals surface area contributed by atoms with Crippen LogP contribution >= 0.6 is 0 Å². The monoisotopic (exact) mass is 226 g/mol. The standard InChI is InChI=1S/C15H30O/c1-4-7-8-9-10-13-15(16)14(11-5-2)12-6-3/h14H,4-13H2,1-3H3. The van der Waals surface area contributed by atoms with Crippen molar-refractivity contribution in [2.24, 2.45) is 5.92 Å². The zero-order valence-electron chi connectivity index (χ0n) is 11.6. The first-order chi connectivity index (χ1) is 7.76. The largest absolute Gasteiger partial charge is 0.299 e. The van der Waals surface area contributed by atoms with Crippen molar-refractivity contribution in [3.63, 3.8) is 0 Å². The minimum absolute atomic E-state index is 0.362. The van der Waals surface area contributed by atoms with Crippen LogP contribution in [0.1, 0.15) is 85.0 Å². The van der Waals surface area contributed by atoms with Crippen LogP contribution in [-0.4, -0.2) is 5.78 Å². The molecular weight excluding hydrogens is 196 g/mol. The summed E-state index contributed by atoms with van der Waals surface area (Å²) in [4.78, 5) is 12.0. The minimum atomic E-state index is 0.362. The molecule has 0 saturated heterocycles. The van der Waals surface area contributed by atoms with E-state index < -0.39 is 0 Å². The molecule has 0 bridgehead atoms. The molecule has 0 aromatic heterocycles. The normalized spacial score (nSPS) is 11.0. The van der Waals surface area contributed by atoms with Crippen molar-refractivity contribution in [3.05, 3.63) is 0 Å². The van der Waals surface area contributed by atoms with E-state index in [1.807, 2.05) is 0 Å². The maximum absolute atomic E-state index is 12.0. The summed E-state index contributed by atoms with van der Waals surface area (Å²) in [5.41, 5.74) is 0. The summed E-state index contributed by atoms with van der Waals surface area (Å²) in [5, 5.41) is 0. The summed E-state index contributed by atoms with van der Waals surface area (Å²) in [6.45, 7) is 6.58. The number of Topliss-reactive ketones (excluding diaryl/α,β-unsaturated/α-hetero) is 1. The third kappa shape index (κ3) is 7.90. The Bertz CT molecular complexity index is 157. The molecule has 0 radical (unpaired) electrons. The predicted molar refractivity (Wildman–Crippen MR) is 71.7 cm³/mol. The first-order valence-corrected chi connectivity index (χ1v) is 7.28. The van der Waals surface area contributed by atoms with Gasteiger partial charge >= 0.3 is 0 Å². The smallest absolute Gasteiger partial charge is 0.135 e. The average molecular weight is 226 g/mol. The summed E-state index contributed by atoms with van der Waals surface area (Å²) >= 11 is 0. The summed E-state index contributed by atoms with van der Waals surface area (Å²) in [5.74, 6) is 0.890. The lowest BCUT2D eigenvalue weighted by molar-refractivity contribution is -0.123. The first-order valence-electron chi connectivity index (χ1n) is 7.28. The highest BCUT2D eigenvalue weighted by atomic mass is 16.1. The fourth-order valence-corrected chi connectivity index (χ4v) is 2.27. The second-order valence-electron chi connectivity index (χ2n) is 4.90. The lowest BCUT2D eigenvalue weighted by Crippen LogP contribution is -2.14. The van der Waals surface area contributed by atoms with E-state index in [-0.39, 0.29) is 0 Å². The van der Waals surface area contributed by atoms with Gasteiger partial charge in [0.15, 0.2) is 0 Å². The van der Waals surface area contributed by atoms with Crippen molar-refractivity contribution in [2.75, 3.05) is 0 Å². The van der Waals surface area contributed by atoms with Gasteiger partial charge in [-0.15, -0.1) is 0 Å². The quantitative estimate of drug-likeness (QED) is 0.446. The molecule has 0 unspecified atom stereocenters. The molecule has 16 heavy (non-hydrogen) atoms. The second kappa shape index (κ2) is 11.2. The van der Waals surface area contributed by atoms with Crippen molar-refractivity contribution in [2.45, 2.75) is 85.0 Å². The fraction of sp³-hybridized carbons (Fsp3) is 0.933. The van der Waals surface area contributed by atoms with Gasteiger partial charge in [-0.2, -0.15) is 0 Å². The summed E-state index contributed by atoms with van der Waals surface area (Å²) in [6, 6.07) is 0. The van der Waals surface area contributed by atoms with E-state index in [0.29, 0.717) is 11.7 Å². The van der Waals surface area contributed by atoms with Gasteiger partial charge < -0.3 is 0 Å². The Kier molecular flexibility index (Phi) is 10.9. The molecule has 0 aliphatic carbocycles. The number of hydrogen-bond acceptors (Lipinski definition) is 1. The molecule has 0 aliphatic heterocycles. The van der Waals surface area contributed by atoms with E-state index >= 15 is 0 Å². The van der Waals surface area contributed by atoms with Crippen molar-refractivity contribution < 1.29 is 4.79 Å². The van der Waals surface area contributed by atoms with Crippen LogP contribution in [0, 0.1) is 5.92 Å². The van der Waals surface area contributed by atoms with E-state index in [9.17, 15) is 4.79 Å². The van der Waals surface area contributed by atoms with Crippen LogP contribution in [0.5, 0.6) is 0 Å². The molecule has 0 saturated carbocycles. The molecule has 0 aromatic rings. The SMILES string of the molecule is CCCCCCCC(=O)C(CCC)CCC. The molecule has 0 rings (SSSR count). The van der Waals surface area contributed by atoms with Crippen molar-refractivity contribution in [1.29, 1.82) is 0 Å². The summed E-state index contributed by atoms with van der Waals surface area (Å²) < 4.78 is 0.